The Morgan fingerprint density at radius 3 is 2.38 bits per heavy atom. The first-order valence-electron chi connectivity index (χ1n) is 8.50. The molecule has 3 rings (SSSR count). The summed E-state index contributed by atoms with van der Waals surface area (Å²) >= 11 is 0.882. The highest BCUT2D eigenvalue weighted by atomic mass is 32.1. The number of para-hydroxylation sites is 1. The Bertz CT molecular complexity index is 1080. The number of hydrogen-bond acceptors (Lipinski definition) is 5. The number of nitrogens with one attached hydrogen (secondary N) is 2. The van der Waals surface area contributed by atoms with Crippen LogP contribution in [0, 0.1) is 6.92 Å². The number of aryl methyl sites for hydroxylation is 1. The molecule has 2 amide bonds. The normalized spacial score (nSPS) is 11.4. The van der Waals surface area contributed by atoms with Crippen molar-refractivity contribution in [3.8, 4) is 5.75 Å². The molecule has 29 heavy (non-hydrogen) atoms. The molecule has 0 unspecified atom stereocenters. The largest absolute Gasteiger partial charge is 0.507 e. The number of amides is 2. The average molecular weight is 423 g/mol. The van der Waals surface area contributed by atoms with Crippen molar-refractivity contribution in [2.45, 2.75) is 13.1 Å². The number of halogens is 3. The van der Waals surface area contributed by atoms with Gasteiger partial charge in [-0.05, 0) is 36.8 Å². The SMILES string of the molecule is Cc1c(C(=O)NCCNC(=O)c2ccccc2O)sc2nc(C(F)(F)F)ccc12. The zero-order valence-corrected chi connectivity index (χ0v) is 15.9. The topological polar surface area (TPSA) is 91.3 Å². The lowest BCUT2D eigenvalue weighted by molar-refractivity contribution is -0.140. The summed E-state index contributed by atoms with van der Waals surface area (Å²) in [4.78, 5) is 28.4. The van der Waals surface area contributed by atoms with E-state index >= 15 is 0 Å². The van der Waals surface area contributed by atoms with Gasteiger partial charge >= 0.3 is 6.18 Å². The lowest BCUT2D eigenvalue weighted by Gasteiger charge is -2.08. The molecule has 0 aliphatic carbocycles. The number of phenols is 1. The van der Waals surface area contributed by atoms with Gasteiger partial charge in [-0.3, -0.25) is 9.59 Å². The molecule has 2 aromatic heterocycles. The average Bonchev–Trinajstić information content (AvgIpc) is 3.01. The molecule has 3 N–H and O–H groups in total. The first-order chi connectivity index (χ1) is 13.7. The fraction of sp³-hybridized carbons (Fsp3) is 0.211. The Balaban J connectivity index is 1.62. The Labute approximate surface area is 167 Å². The van der Waals surface area contributed by atoms with Gasteiger partial charge in [0, 0.05) is 18.5 Å². The number of thiophene rings is 1. The molecule has 0 saturated carbocycles. The van der Waals surface area contributed by atoms with Gasteiger partial charge in [0.1, 0.15) is 16.3 Å². The van der Waals surface area contributed by atoms with Crippen molar-refractivity contribution in [2.75, 3.05) is 13.1 Å². The highest BCUT2D eigenvalue weighted by Gasteiger charge is 2.33. The summed E-state index contributed by atoms with van der Waals surface area (Å²) in [6.07, 6.45) is -4.56. The van der Waals surface area contributed by atoms with Gasteiger partial charge < -0.3 is 15.7 Å². The van der Waals surface area contributed by atoms with Gasteiger partial charge in [-0.25, -0.2) is 4.98 Å². The second kappa shape index (κ2) is 8.08. The number of alkyl halides is 3. The van der Waals surface area contributed by atoms with Gasteiger partial charge in [-0.1, -0.05) is 12.1 Å². The number of rotatable bonds is 5. The number of carbonyl (C=O) groups is 2. The van der Waals surface area contributed by atoms with Crippen LogP contribution in [-0.2, 0) is 6.18 Å². The van der Waals surface area contributed by atoms with Gasteiger partial charge in [-0.2, -0.15) is 13.2 Å². The van der Waals surface area contributed by atoms with Gasteiger partial charge in [-0.15, -0.1) is 11.3 Å². The molecular weight excluding hydrogens is 407 g/mol. The van der Waals surface area contributed by atoms with Gasteiger partial charge in [0.25, 0.3) is 11.8 Å². The van der Waals surface area contributed by atoms with Crippen LogP contribution < -0.4 is 10.6 Å². The maximum atomic E-state index is 12.8. The van der Waals surface area contributed by atoms with Crippen LogP contribution in [-0.4, -0.2) is 35.0 Å². The van der Waals surface area contributed by atoms with Crippen LogP contribution >= 0.6 is 11.3 Å². The Morgan fingerprint density at radius 1 is 1.07 bits per heavy atom. The van der Waals surface area contributed by atoms with Crippen molar-refractivity contribution in [3.63, 3.8) is 0 Å². The number of hydrogen-bond donors (Lipinski definition) is 3. The second-order valence-electron chi connectivity index (χ2n) is 6.13. The molecule has 1 aromatic carbocycles. The first kappa shape index (κ1) is 20.6. The first-order valence-corrected chi connectivity index (χ1v) is 9.32. The fourth-order valence-electron chi connectivity index (χ4n) is 2.67. The van der Waals surface area contributed by atoms with E-state index in [1.54, 1.807) is 19.1 Å². The maximum Gasteiger partial charge on any atom is 0.433 e. The number of fused-ring (bicyclic) bond motifs is 1. The lowest BCUT2D eigenvalue weighted by atomic mass is 10.2. The molecule has 0 spiro atoms. The Kier molecular flexibility index (Phi) is 5.73. The van der Waals surface area contributed by atoms with Crippen LogP contribution in [0.5, 0.6) is 5.75 Å². The van der Waals surface area contributed by atoms with Crippen molar-refractivity contribution in [1.29, 1.82) is 0 Å². The molecule has 0 saturated heterocycles. The molecule has 0 bridgehead atoms. The zero-order valence-electron chi connectivity index (χ0n) is 15.1. The third kappa shape index (κ3) is 4.48. The summed E-state index contributed by atoms with van der Waals surface area (Å²) < 4.78 is 38.4. The van der Waals surface area contributed by atoms with Crippen LogP contribution in [0.3, 0.4) is 0 Å². The maximum absolute atomic E-state index is 12.8. The summed E-state index contributed by atoms with van der Waals surface area (Å²) in [6.45, 7) is 1.86. The molecule has 0 fully saturated rings. The third-order valence-corrected chi connectivity index (χ3v) is 5.35. The van der Waals surface area contributed by atoms with Crippen molar-refractivity contribution < 1.29 is 27.9 Å². The number of aromatic nitrogens is 1. The van der Waals surface area contributed by atoms with E-state index in [0.717, 1.165) is 17.4 Å². The monoisotopic (exact) mass is 423 g/mol. The minimum Gasteiger partial charge on any atom is -0.507 e. The van der Waals surface area contributed by atoms with Gasteiger partial charge in [0.15, 0.2) is 0 Å². The summed E-state index contributed by atoms with van der Waals surface area (Å²) in [5.41, 5.74) is -0.349. The standard InChI is InChI=1S/C19H16F3N3O3S/c1-10-11-6-7-14(19(20,21)22)25-18(11)29-15(10)17(28)24-9-8-23-16(27)12-4-2-3-5-13(12)26/h2-7,26H,8-9H2,1H3,(H,23,27)(H,24,28). The van der Waals surface area contributed by atoms with Gasteiger partial charge in [0.2, 0.25) is 0 Å². The predicted octanol–water partition coefficient (Wildman–Crippen LogP) is 3.49. The predicted molar refractivity (Wildman–Crippen MR) is 102 cm³/mol. The number of aromatic hydroxyl groups is 1. The van der Waals surface area contributed by atoms with Crippen LogP contribution in [0.4, 0.5) is 13.2 Å². The van der Waals surface area contributed by atoms with Crippen LogP contribution in [0.2, 0.25) is 0 Å². The summed E-state index contributed by atoms with van der Waals surface area (Å²) in [6, 6.07) is 8.24. The van der Waals surface area contributed by atoms with Crippen molar-refractivity contribution >= 4 is 33.4 Å². The number of benzene rings is 1. The molecule has 0 aliphatic rings. The molecule has 6 nitrogen and oxygen atoms in total. The van der Waals surface area contributed by atoms with Crippen LogP contribution in [0.1, 0.15) is 31.3 Å². The van der Waals surface area contributed by atoms with Crippen molar-refractivity contribution in [1.82, 2.24) is 15.6 Å². The van der Waals surface area contributed by atoms with Gasteiger partial charge in [0.05, 0.1) is 10.4 Å². The van der Waals surface area contributed by atoms with E-state index in [0.29, 0.717) is 10.9 Å². The van der Waals surface area contributed by atoms with Crippen molar-refractivity contribution in [2.24, 2.45) is 0 Å². The minimum atomic E-state index is -4.56. The molecule has 0 atom stereocenters. The minimum absolute atomic E-state index is 0.104. The molecule has 152 valence electrons. The molecule has 2 heterocycles. The number of nitrogens with zero attached hydrogens (tertiary/aromatic N) is 1. The fourth-order valence-corrected chi connectivity index (χ4v) is 3.76. The number of pyridine rings is 1. The number of carbonyl (C=O) groups excluding carboxylic acids is 2. The zero-order chi connectivity index (χ0) is 21.2. The lowest BCUT2D eigenvalue weighted by Crippen LogP contribution is -2.34. The summed E-state index contributed by atoms with van der Waals surface area (Å²) in [7, 11) is 0. The van der Waals surface area contributed by atoms with E-state index < -0.39 is 23.7 Å². The van der Waals surface area contributed by atoms with E-state index in [9.17, 15) is 27.9 Å². The molecule has 0 radical (unpaired) electrons. The van der Waals surface area contributed by atoms with Crippen molar-refractivity contribution in [3.05, 3.63) is 58.1 Å². The molecule has 10 heteroatoms. The quantitative estimate of drug-likeness (QED) is 0.548. The third-order valence-electron chi connectivity index (χ3n) is 4.15. The highest BCUT2D eigenvalue weighted by molar-refractivity contribution is 7.20. The smallest absolute Gasteiger partial charge is 0.433 e. The van der Waals surface area contributed by atoms with Crippen LogP contribution in [0.25, 0.3) is 10.2 Å². The summed E-state index contributed by atoms with van der Waals surface area (Å²) in [5.74, 6) is -1.10. The van der Waals surface area contributed by atoms with Crippen LogP contribution in [0.15, 0.2) is 36.4 Å². The summed E-state index contributed by atoms with van der Waals surface area (Å²) in [5, 5.41) is 15.3. The highest BCUT2D eigenvalue weighted by Crippen LogP contribution is 2.34. The van der Waals surface area contributed by atoms with E-state index in [2.05, 4.69) is 15.6 Å². The number of phenolic OH excluding ortho intramolecular Hbond substituents is 1. The second-order valence-corrected chi connectivity index (χ2v) is 7.13. The Morgan fingerprint density at radius 2 is 1.72 bits per heavy atom. The van der Waals surface area contributed by atoms with E-state index in [4.69, 9.17) is 0 Å². The van der Waals surface area contributed by atoms with E-state index in [1.807, 2.05) is 0 Å². The molecule has 0 aliphatic heterocycles. The van der Waals surface area contributed by atoms with E-state index in [1.165, 1.54) is 18.2 Å². The molecule has 3 aromatic rings. The van der Waals surface area contributed by atoms with E-state index in [-0.39, 0.29) is 34.1 Å². The molecular formula is C19H16F3N3O3S. The Hall–Kier alpha value is -3.14.